The summed E-state index contributed by atoms with van der Waals surface area (Å²) in [6.45, 7) is 0. The van der Waals surface area contributed by atoms with Gasteiger partial charge in [-0.25, -0.2) is 4.98 Å². The maximum Gasteiger partial charge on any atom is 0.112 e. The predicted molar refractivity (Wildman–Crippen MR) is 66.2 cm³/mol. The van der Waals surface area contributed by atoms with Crippen LogP contribution in [0.2, 0.25) is 0 Å². The Morgan fingerprint density at radius 1 is 1.44 bits per heavy atom. The maximum absolute atomic E-state index is 9.28. The second kappa shape index (κ2) is 3.46. The van der Waals surface area contributed by atoms with Gasteiger partial charge in [0, 0.05) is 10.4 Å². The van der Waals surface area contributed by atoms with Crippen molar-refractivity contribution in [3.05, 3.63) is 22.4 Å². The number of hydrogen-bond acceptors (Lipinski definition) is 3. The van der Waals surface area contributed by atoms with Crippen molar-refractivity contribution >= 4 is 32.7 Å². The van der Waals surface area contributed by atoms with E-state index in [2.05, 4.69) is 25.9 Å². The molecule has 1 heterocycles. The zero-order valence-corrected chi connectivity index (χ0v) is 10.2. The Morgan fingerprint density at radius 2 is 2.19 bits per heavy atom. The molecule has 1 aromatic heterocycles. The summed E-state index contributed by atoms with van der Waals surface area (Å²) in [4.78, 5) is 7.76. The zero-order valence-electron chi connectivity index (χ0n) is 8.57. The van der Waals surface area contributed by atoms with Crippen LogP contribution < -0.4 is 5.73 Å². The molecule has 0 amide bonds. The van der Waals surface area contributed by atoms with Gasteiger partial charge in [-0.05, 0) is 25.0 Å². The number of halogens is 1. The molecule has 0 spiro atoms. The fraction of sp³-hybridized carbons (Fsp3) is 0.364. The summed E-state index contributed by atoms with van der Waals surface area (Å²) in [5.41, 5.74) is 8.33. The fourth-order valence-electron chi connectivity index (χ4n) is 2.13. The van der Waals surface area contributed by atoms with Gasteiger partial charge in [0.1, 0.15) is 11.3 Å². The summed E-state index contributed by atoms with van der Waals surface area (Å²) in [5, 5.41) is 9.28. The van der Waals surface area contributed by atoms with Crippen molar-refractivity contribution in [3.63, 3.8) is 0 Å². The van der Waals surface area contributed by atoms with Crippen LogP contribution in [0.15, 0.2) is 16.6 Å². The van der Waals surface area contributed by atoms with Crippen LogP contribution in [-0.2, 0) is 0 Å². The molecular formula is C11H12BrN3O. The van der Waals surface area contributed by atoms with E-state index in [0.29, 0.717) is 11.6 Å². The van der Waals surface area contributed by atoms with Crippen LogP contribution in [0, 0.1) is 0 Å². The van der Waals surface area contributed by atoms with E-state index in [1.54, 1.807) is 0 Å². The molecule has 1 aliphatic carbocycles. The first-order valence-electron chi connectivity index (χ1n) is 5.26. The molecule has 84 valence electrons. The van der Waals surface area contributed by atoms with Crippen molar-refractivity contribution in [1.29, 1.82) is 0 Å². The molecule has 1 saturated carbocycles. The van der Waals surface area contributed by atoms with E-state index in [4.69, 9.17) is 5.73 Å². The molecule has 1 fully saturated rings. The van der Waals surface area contributed by atoms with Crippen molar-refractivity contribution < 1.29 is 5.11 Å². The van der Waals surface area contributed by atoms with Crippen molar-refractivity contribution in [3.8, 4) is 0 Å². The van der Waals surface area contributed by atoms with Crippen molar-refractivity contribution in [2.45, 2.75) is 24.9 Å². The Hall–Kier alpha value is -1.07. The zero-order chi connectivity index (χ0) is 11.3. The van der Waals surface area contributed by atoms with Gasteiger partial charge in [0.15, 0.2) is 0 Å². The number of rotatable bonds is 1. The molecular weight excluding hydrogens is 270 g/mol. The second-order valence-electron chi connectivity index (χ2n) is 4.34. The van der Waals surface area contributed by atoms with Crippen LogP contribution in [0.25, 0.3) is 11.0 Å². The van der Waals surface area contributed by atoms with Gasteiger partial charge in [0.25, 0.3) is 0 Å². The minimum absolute atomic E-state index is 0.165. The van der Waals surface area contributed by atoms with Crippen LogP contribution in [0.3, 0.4) is 0 Å². The lowest BCUT2D eigenvalue weighted by molar-refractivity contribution is 0.0720. The van der Waals surface area contributed by atoms with Gasteiger partial charge < -0.3 is 15.8 Å². The van der Waals surface area contributed by atoms with E-state index in [1.165, 1.54) is 0 Å². The Labute approximate surface area is 101 Å². The molecule has 0 saturated heterocycles. The van der Waals surface area contributed by atoms with E-state index in [1.807, 2.05) is 12.1 Å². The maximum atomic E-state index is 9.28. The number of aliphatic hydroxyl groups excluding tert-OH is 1. The first-order valence-corrected chi connectivity index (χ1v) is 6.05. The number of fused-ring (bicyclic) bond motifs is 1. The number of aromatic nitrogens is 2. The summed E-state index contributed by atoms with van der Waals surface area (Å²) in [6.07, 6.45) is 1.42. The van der Waals surface area contributed by atoms with Crippen LogP contribution in [0.4, 0.5) is 5.69 Å². The van der Waals surface area contributed by atoms with E-state index >= 15 is 0 Å². The van der Waals surface area contributed by atoms with Crippen molar-refractivity contribution in [2.75, 3.05) is 5.73 Å². The van der Waals surface area contributed by atoms with Crippen LogP contribution in [0.5, 0.6) is 0 Å². The van der Waals surface area contributed by atoms with E-state index < -0.39 is 0 Å². The molecule has 2 aromatic rings. The summed E-state index contributed by atoms with van der Waals surface area (Å²) in [6, 6.07) is 3.82. The number of nitrogens with zero attached hydrogens (tertiary/aromatic N) is 1. The third kappa shape index (κ3) is 1.51. The molecule has 0 bridgehead atoms. The number of nitrogens with two attached hydrogens (primary N) is 1. The molecule has 0 radical (unpaired) electrons. The predicted octanol–water partition coefficient (Wildman–Crippen LogP) is 2.15. The Morgan fingerprint density at radius 3 is 2.88 bits per heavy atom. The highest BCUT2D eigenvalue weighted by Gasteiger charge is 2.31. The number of aromatic amines is 1. The molecule has 0 aliphatic heterocycles. The Bertz CT molecular complexity index is 545. The van der Waals surface area contributed by atoms with E-state index in [-0.39, 0.29) is 6.10 Å². The summed E-state index contributed by atoms with van der Waals surface area (Å²) >= 11 is 3.40. The van der Waals surface area contributed by atoms with E-state index in [9.17, 15) is 5.11 Å². The molecule has 4 nitrogen and oxygen atoms in total. The van der Waals surface area contributed by atoms with Gasteiger partial charge in [-0.1, -0.05) is 15.9 Å². The van der Waals surface area contributed by atoms with Crippen molar-refractivity contribution in [2.24, 2.45) is 0 Å². The number of nitrogen functional groups attached to an aromatic ring is 1. The van der Waals surface area contributed by atoms with Crippen LogP contribution in [0.1, 0.15) is 24.6 Å². The molecule has 16 heavy (non-hydrogen) atoms. The molecule has 0 unspecified atom stereocenters. The van der Waals surface area contributed by atoms with Gasteiger partial charge in [0.2, 0.25) is 0 Å². The highest BCUT2D eigenvalue weighted by molar-refractivity contribution is 9.10. The number of H-pyrrole nitrogens is 1. The van der Waals surface area contributed by atoms with Crippen LogP contribution in [-0.4, -0.2) is 21.2 Å². The third-order valence-electron chi connectivity index (χ3n) is 3.10. The molecule has 1 aliphatic rings. The molecule has 3 rings (SSSR count). The standard InChI is InChI=1S/C11H12BrN3O/c12-6-3-8(13)10-9(4-6)14-11(15-10)5-1-7(16)2-5/h3-5,7,16H,1-2,13H2,(H,14,15). The minimum atomic E-state index is -0.165. The third-order valence-corrected chi connectivity index (χ3v) is 3.56. The average Bonchev–Trinajstić information content (AvgIpc) is 2.56. The molecule has 4 N–H and O–H groups in total. The van der Waals surface area contributed by atoms with Crippen molar-refractivity contribution in [1.82, 2.24) is 9.97 Å². The number of nitrogens with one attached hydrogen (secondary N) is 1. The fourth-order valence-corrected chi connectivity index (χ4v) is 2.61. The second-order valence-corrected chi connectivity index (χ2v) is 5.25. The van der Waals surface area contributed by atoms with Gasteiger partial charge in [-0.2, -0.15) is 0 Å². The van der Waals surface area contributed by atoms with Gasteiger partial charge in [-0.3, -0.25) is 0 Å². The minimum Gasteiger partial charge on any atom is -0.397 e. The number of hydrogen-bond donors (Lipinski definition) is 3. The summed E-state index contributed by atoms with van der Waals surface area (Å²) in [7, 11) is 0. The SMILES string of the molecule is Nc1cc(Br)cc2[nH]c(C3CC(O)C3)nc12. The Balaban J connectivity index is 2.06. The number of benzene rings is 1. The molecule has 1 aromatic carbocycles. The monoisotopic (exact) mass is 281 g/mol. The summed E-state index contributed by atoms with van der Waals surface area (Å²) in [5.74, 6) is 1.28. The average molecular weight is 282 g/mol. The van der Waals surface area contributed by atoms with Gasteiger partial charge in [0.05, 0.1) is 17.3 Å². The van der Waals surface area contributed by atoms with Crippen LogP contribution >= 0.6 is 15.9 Å². The molecule has 0 atom stereocenters. The lowest BCUT2D eigenvalue weighted by atomic mass is 9.82. The Kier molecular flexibility index (Phi) is 2.19. The number of imidazole rings is 1. The highest BCUT2D eigenvalue weighted by atomic mass is 79.9. The number of anilines is 1. The lowest BCUT2D eigenvalue weighted by Gasteiger charge is -2.29. The highest BCUT2D eigenvalue weighted by Crippen LogP contribution is 2.37. The van der Waals surface area contributed by atoms with Gasteiger partial charge in [-0.15, -0.1) is 0 Å². The largest absolute Gasteiger partial charge is 0.397 e. The topological polar surface area (TPSA) is 74.9 Å². The smallest absolute Gasteiger partial charge is 0.112 e. The van der Waals surface area contributed by atoms with E-state index in [0.717, 1.165) is 34.2 Å². The summed E-state index contributed by atoms with van der Waals surface area (Å²) < 4.78 is 0.946. The normalized spacial score (nSPS) is 24.6. The molecule has 5 heteroatoms. The van der Waals surface area contributed by atoms with Gasteiger partial charge >= 0.3 is 0 Å². The quantitative estimate of drug-likeness (QED) is 0.701. The number of aliphatic hydroxyl groups is 1. The first kappa shape index (κ1) is 10.1. The lowest BCUT2D eigenvalue weighted by Crippen LogP contribution is -2.27. The first-order chi connectivity index (χ1) is 7.63.